The molecular weight excluding hydrogens is 320 g/mol. The zero-order chi connectivity index (χ0) is 18.3. The topological polar surface area (TPSA) is 37.3 Å². The van der Waals surface area contributed by atoms with Gasteiger partial charge in [0.2, 0.25) is 0 Å². The predicted molar refractivity (Wildman–Crippen MR) is 106 cm³/mol. The normalized spacial score (nSPS) is 32.8. The summed E-state index contributed by atoms with van der Waals surface area (Å²) >= 11 is 0. The van der Waals surface area contributed by atoms with Crippen molar-refractivity contribution in [3.63, 3.8) is 0 Å². The van der Waals surface area contributed by atoms with E-state index in [1.54, 1.807) is 0 Å². The average molecular weight is 355 g/mol. The van der Waals surface area contributed by atoms with Gasteiger partial charge in [-0.25, -0.2) is 0 Å². The smallest absolute Gasteiger partial charge is 0.139 e. The van der Waals surface area contributed by atoms with Gasteiger partial charge >= 0.3 is 0 Å². The van der Waals surface area contributed by atoms with Gasteiger partial charge in [-0.2, -0.15) is 0 Å². The predicted octanol–water partition coefficient (Wildman–Crippen LogP) is 5.94. The molecule has 26 heavy (non-hydrogen) atoms. The Bertz CT molecular complexity index is 692. The van der Waals surface area contributed by atoms with Gasteiger partial charge in [-0.15, -0.1) is 0 Å². The van der Waals surface area contributed by atoms with E-state index in [0.29, 0.717) is 29.3 Å². The number of unbranched alkanes of at least 4 members (excludes halogenated alkanes) is 3. The van der Waals surface area contributed by atoms with Crippen molar-refractivity contribution in [2.24, 2.45) is 17.3 Å². The highest BCUT2D eigenvalue weighted by atomic mass is 16.3. The van der Waals surface area contributed by atoms with Crippen LogP contribution in [-0.2, 0) is 17.6 Å². The largest absolute Gasteiger partial charge is 0.508 e. The zero-order valence-corrected chi connectivity index (χ0v) is 16.5. The molecule has 0 radical (unpaired) electrons. The van der Waals surface area contributed by atoms with E-state index in [1.807, 2.05) is 0 Å². The summed E-state index contributed by atoms with van der Waals surface area (Å²) in [6.07, 6.45) is 12.3. The number of carbonyl (C=O) groups is 1. The third kappa shape index (κ3) is 2.90. The van der Waals surface area contributed by atoms with Crippen molar-refractivity contribution in [3.8, 4) is 5.75 Å². The molecule has 1 aromatic rings. The van der Waals surface area contributed by atoms with Gasteiger partial charge in [0.05, 0.1) is 0 Å². The minimum atomic E-state index is -0.0431. The van der Waals surface area contributed by atoms with Crippen molar-refractivity contribution in [1.82, 2.24) is 0 Å². The van der Waals surface area contributed by atoms with Gasteiger partial charge in [0, 0.05) is 11.8 Å². The van der Waals surface area contributed by atoms with Gasteiger partial charge in [-0.3, -0.25) is 4.79 Å². The Morgan fingerprint density at radius 1 is 1.12 bits per heavy atom. The van der Waals surface area contributed by atoms with Crippen LogP contribution >= 0.6 is 0 Å². The van der Waals surface area contributed by atoms with Crippen molar-refractivity contribution in [1.29, 1.82) is 0 Å². The number of rotatable bonds is 5. The maximum Gasteiger partial charge on any atom is 0.139 e. The number of hydrogen-bond donors (Lipinski definition) is 1. The monoisotopic (exact) mass is 354 g/mol. The Balaban J connectivity index is 1.58. The van der Waals surface area contributed by atoms with Gasteiger partial charge in [-0.1, -0.05) is 39.2 Å². The molecule has 3 aliphatic carbocycles. The molecule has 3 aliphatic rings. The van der Waals surface area contributed by atoms with Crippen LogP contribution in [0.4, 0.5) is 0 Å². The number of fused-ring (bicyclic) bond motifs is 5. The molecule has 1 N–H and O–H groups in total. The summed E-state index contributed by atoms with van der Waals surface area (Å²) in [5.41, 5.74) is 3.98. The van der Waals surface area contributed by atoms with Crippen molar-refractivity contribution in [2.75, 3.05) is 0 Å². The molecule has 4 rings (SSSR count). The van der Waals surface area contributed by atoms with E-state index in [0.717, 1.165) is 44.1 Å². The summed E-state index contributed by atoms with van der Waals surface area (Å²) in [4.78, 5) is 12.5. The second-order valence-corrected chi connectivity index (χ2v) is 9.32. The van der Waals surface area contributed by atoms with Crippen LogP contribution < -0.4 is 0 Å². The lowest BCUT2D eigenvalue weighted by Crippen LogP contribution is -2.42. The molecule has 0 aromatic heterocycles. The number of benzene rings is 1. The molecule has 4 atom stereocenters. The van der Waals surface area contributed by atoms with E-state index in [2.05, 4.69) is 26.0 Å². The Hall–Kier alpha value is -1.31. The molecule has 0 bridgehead atoms. The maximum absolute atomic E-state index is 12.5. The number of phenols is 1. The summed E-state index contributed by atoms with van der Waals surface area (Å²) < 4.78 is 0. The quantitative estimate of drug-likeness (QED) is 0.664. The zero-order valence-electron chi connectivity index (χ0n) is 16.5. The van der Waals surface area contributed by atoms with Crippen LogP contribution in [0.2, 0.25) is 0 Å². The first-order valence-electron chi connectivity index (χ1n) is 10.9. The number of carbonyl (C=O) groups excluding carboxylic acids is 1. The molecule has 0 unspecified atom stereocenters. The van der Waals surface area contributed by atoms with Crippen molar-refractivity contribution < 1.29 is 9.90 Å². The Labute approximate surface area is 158 Å². The SMILES string of the molecule is CCCCCCc1cc2c(cc1O)CC[C@@H]1[C@@H]2CC[C@]2(C)C(=O)CC[C@@H]12. The first-order chi connectivity index (χ1) is 12.5. The van der Waals surface area contributed by atoms with Gasteiger partial charge in [0.25, 0.3) is 0 Å². The van der Waals surface area contributed by atoms with Crippen LogP contribution in [0.1, 0.15) is 94.2 Å². The fraction of sp³-hybridized carbons (Fsp3) is 0.708. The molecule has 0 amide bonds. The summed E-state index contributed by atoms with van der Waals surface area (Å²) in [5, 5.41) is 10.5. The first kappa shape index (κ1) is 18.1. The summed E-state index contributed by atoms with van der Waals surface area (Å²) in [6, 6.07) is 4.40. The second-order valence-electron chi connectivity index (χ2n) is 9.32. The fourth-order valence-electron chi connectivity index (χ4n) is 6.37. The molecule has 2 fully saturated rings. The number of phenolic OH excluding ortho intramolecular Hbond substituents is 1. The van der Waals surface area contributed by atoms with E-state index in [-0.39, 0.29) is 5.41 Å². The highest BCUT2D eigenvalue weighted by Crippen LogP contribution is 2.59. The van der Waals surface area contributed by atoms with Crippen LogP contribution in [0, 0.1) is 17.3 Å². The highest BCUT2D eigenvalue weighted by Gasteiger charge is 2.54. The lowest BCUT2D eigenvalue weighted by atomic mass is 9.55. The van der Waals surface area contributed by atoms with Gasteiger partial charge in [0.1, 0.15) is 11.5 Å². The number of hydrogen-bond acceptors (Lipinski definition) is 2. The van der Waals surface area contributed by atoms with Crippen molar-refractivity contribution >= 4 is 5.78 Å². The van der Waals surface area contributed by atoms with Crippen LogP contribution in [0.3, 0.4) is 0 Å². The Kier molecular flexibility index (Phi) is 4.88. The van der Waals surface area contributed by atoms with E-state index in [4.69, 9.17) is 0 Å². The minimum Gasteiger partial charge on any atom is -0.508 e. The molecule has 0 heterocycles. The first-order valence-corrected chi connectivity index (χ1v) is 10.9. The molecule has 2 saturated carbocycles. The summed E-state index contributed by atoms with van der Waals surface area (Å²) in [7, 11) is 0. The van der Waals surface area contributed by atoms with Crippen LogP contribution in [0.5, 0.6) is 5.75 Å². The summed E-state index contributed by atoms with van der Waals surface area (Å²) in [5.74, 6) is 2.90. The van der Waals surface area contributed by atoms with Crippen LogP contribution in [0.25, 0.3) is 0 Å². The maximum atomic E-state index is 12.5. The fourth-order valence-corrected chi connectivity index (χ4v) is 6.37. The standard InChI is InChI=1S/C24H34O2/c1-3-4-5-6-7-17-14-20-16(15-22(17)25)8-9-19-18(20)12-13-24(2)21(19)10-11-23(24)26/h14-15,18-19,21,25H,3-13H2,1-2H3/t18-,19+,21-,24-/m0/s1. The van der Waals surface area contributed by atoms with Crippen molar-refractivity contribution in [2.45, 2.75) is 90.4 Å². The number of Topliss-reactive ketones (excluding diaryl/α,β-unsaturated/α-hetero) is 1. The van der Waals surface area contributed by atoms with Crippen LogP contribution in [-0.4, -0.2) is 10.9 Å². The van der Waals surface area contributed by atoms with Gasteiger partial charge in [-0.05, 0) is 85.5 Å². The molecule has 142 valence electrons. The van der Waals surface area contributed by atoms with Crippen molar-refractivity contribution in [3.05, 3.63) is 28.8 Å². The van der Waals surface area contributed by atoms with Gasteiger partial charge < -0.3 is 5.11 Å². The van der Waals surface area contributed by atoms with E-state index < -0.39 is 0 Å². The number of aryl methyl sites for hydroxylation is 2. The number of ketones is 1. The van der Waals surface area contributed by atoms with E-state index in [1.165, 1.54) is 43.2 Å². The minimum absolute atomic E-state index is 0.0431. The third-order valence-electron chi connectivity index (χ3n) is 7.93. The van der Waals surface area contributed by atoms with Gasteiger partial charge in [0.15, 0.2) is 0 Å². The molecule has 0 aliphatic heterocycles. The molecule has 2 heteroatoms. The Morgan fingerprint density at radius 2 is 1.96 bits per heavy atom. The molecule has 1 aromatic carbocycles. The lowest BCUT2D eigenvalue weighted by molar-refractivity contribution is -0.129. The molecule has 0 spiro atoms. The van der Waals surface area contributed by atoms with E-state index >= 15 is 0 Å². The van der Waals surface area contributed by atoms with Crippen LogP contribution in [0.15, 0.2) is 12.1 Å². The average Bonchev–Trinajstić information content (AvgIpc) is 2.94. The Morgan fingerprint density at radius 3 is 2.77 bits per heavy atom. The third-order valence-corrected chi connectivity index (χ3v) is 7.93. The molecule has 2 nitrogen and oxygen atoms in total. The lowest BCUT2D eigenvalue weighted by Gasteiger charge is -2.48. The molecule has 0 saturated heterocycles. The van der Waals surface area contributed by atoms with E-state index in [9.17, 15) is 9.90 Å². The number of aromatic hydroxyl groups is 1. The summed E-state index contributed by atoms with van der Waals surface area (Å²) in [6.45, 7) is 4.48. The highest BCUT2D eigenvalue weighted by molar-refractivity contribution is 5.87. The molecular formula is C24H34O2. The second kappa shape index (κ2) is 7.02.